The molecule has 1 aromatic carbocycles. The van der Waals surface area contributed by atoms with Crippen LogP contribution in [0, 0.1) is 5.92 Å². The second-order valence-corrected chi connectivity index (χ2v) is 6.93. The van der Waals surface area contributed by atoms with Crippen LogP contribution < -0.4 is 11.2 Å². The van der Waals surface area contributed by atoms with Gasteiger partial charge in [-0.2, -0.15) is 0 Å². The molecule has 0 atom stereocenters. The molecule has 23 heavy (non-hydrogen) atoms. The number of aromatic amines is 2. The van der Waals surface area contributed by atoms with Crippen molar-refractivity contribution in [1.29, 1.82) is 0 Å². The number of hydrogen-bond donors (Lipinski definition) is 2. The molecule has 0 unspecified atom stereocenters. The Hall–Kier alpha value is -1.81. The standard InChI is InChI=1S/C18H21ClN2O2/c1-11-6-8-12(9-7-11)16-14(17(22)21-18(23)20-16)10-13-4-2-3-5-15(13)19/h2-5,11-12H,6-10H2,1H3,(H2,20,21,22,23). The first-order valence-corrected chi connectivity index (χ1v) is 8.51. The maximum atomic E-state index is 12.4. The summed E-state index contributed by atoms with van der Waals surface area (Å²) in [6.07, 6.45) is 4.72. The molecule has 0 aliphatic heterocycles. The summed E-state index contributed by atoms with van der Waals surface area (Å²) >= 11 is 6.23. The van der Waals surface area contributed by atoms with E-state index in [1.54, 1.807) is 0 Å². The highest BCUT2D eigenvalue weighted by atomic mass is 35.5. The second kappa shape index (κ2) is 6.75. The van der Waals surface area contributed by atoms with Crippen LogP contribution in [0.1, 0.15) is 55.3 Å². The van der Waals surface area contributed by atoms with Gasteiger partial charge in [-0.3, -0.25) is 9.78 Å². The van der Waals surface area contributed by atoms with Crippen molar-refractivity contribution in [3.05, 3.63) is 66.9 Å². The van der Waals surface area contributed by atoms with E-state index in [2.05, 4.69) is 16.9 Å². The van der Waals surface area contributed by atoms with Gasteiger partial charge in [-0.05, 0) is 36.3 Å². The third-order valence-electron chi connectivity index (χ3n) is 4.82. The number of nitrogens with one attached hydrogen (secondary N) is 2. The normalized spacial score (nSPS) is 21.3. The Balaban J connectivity index is 2.00. The van der Waals surface area contributed by atoms with Crippen molar-refractivity contribution in [2.45, 2.75) is 44.9 Å². The van der Waals surface area contributed by atoms with Gasteiger partial charge in [0.1, 0.15) is 0 Å². The number of hydrogen-bond acceptors (Lipinski definition) is 2. The Morgan fingerprint density at radius 2 is 1.78 bits per heavy atom. The van der Waals surface area contributed by atoms with E-state index in [9.17, 15) is 9.59 Å². The van der Waals surface area contributed by atoms with E-state index in [-0.39, 0.29) is 11.5 Å². The quantitative estimate of drug-likeness (QED) is 0.901. The lowest BCUT2D eigenvalue weighted by Crippen LogP contribution is -2.30. The Morgan fingerprint density at radius 1 is 1.09 bits per heavy atom. The third-order valence-corrected chi connectivity index (χ3v) is 5.19. The van der Waals surface area contributed by atoms with E-state index in [0.717, 1.165) is 36.9 Å². The molecule has 2 aromatic rings. The minimum absolute atomic E-state index is 0.249. The molecule has 0 spiro atoms. The molecule has 3 rings (SSSR count). The monoisotopic (exact) mass is 332 g/mol. The lowest BCUT2D eigenvalue weighted by Gasteiger charge is -2.27. The van der Waals surface area contributed by atoms with Crippen molar-refractivity contribution in [3.8, 4) is 0 Å². The van der Waals surface area contributed by atoms with Gasteiger partial charge in [0.15, 0.2) is 0 Å². The van der Waals surface area contributed by atoms with Crippen LogP contribution in [0.25, 0.3) is 0 Å². The fourth-order valence-corrected chi connectivity index (χ4v) is 3.64. The van der Waals surface area contributed by atoms with Gasteiger partial charge in [-0.25, -0.2) is 4.79 Å². The van der Waals surface area contributed by atoms with E-state index < -0.39 is 5.69 Å². The van der Waals surface area contributed by atoms with Crippen molar-refractivity contribution in [2.75, 3.05) is 0 Å². The predicted octanol–water partition coefficient (Wildman–Crippen LogP) is 3.60. The van der Waals surface area contributed by atoms with Crippen LogP contribution in [-0.2, 0) is 6.42 Å². The topological polar surface area (TPSA) is 65.7 Å². The molecule has 0 saturated heterocycles. The summed E-state index contributed by atoms with van der Waals surface area (Å²) in [6.45, 7) is 2.25. The number of halogens is 1. The van der Waals surface area contributed by atoms with Crippen LogP contribution in [0.4, 0.5) is 0 Å². The van der Waals surface area contributed by atoms with Gasteiger partial charge in [0, 0.05) is 22.7 Å². The largest absolute Gasteiger partial charge is 0.325 e. The summed E-state index contributed by atoms with van der Waals surface area (Å²) in [5.74, 6) is 0.964. The smallest absolute Gasteiger partial charge is 0.311 e. The van der Waals surface area contributed by atoms with Crippen molar-refractivity contribution in [3.63, 3.8) is 0 Å². The molecule has 122 valence electrons. The van der Waals surface area contributed by atoms with Crippen LogP contribution in [-0.4, -0.2) is 9.97 Å². The van der Waals surface area contributed by atoms with Crippen molar-refractivity contribution in [1.82, 2.24) is 9.97 Å². The van der Waals surface area contributed by atoms with Gasteiger partial charge >= 0.3 is 5.69 Å². The van der Waals surface area contributed by atoms with Crippen LogP contribution in [0.15, 0.2) is 33.9 Å². The van der Waals surface area contributed by atoms with E-state index >= 15 is 0 Å². The first kappa shape index (κ1) is 16.1. The Bertz CT molecular complexity index is 801. The molecule has 5 heteroatoms. The second-order valence-electron chi connectivity index (χ2n) is 6.53. The maximum Gasteiger partial charge on any atom is 0.325 e. The van der Waals surface area contributed by atoms with Gasteiger partial charge in [-0.15, -0.1) is 0 Å². The summed E-state index contributed by atoms with van der Waals surface area (Å²) in [4.78, 5) is 29.4. The molecule has 1 aliphatic rings. The Morgan fingerprint density at radius 3 is 2.48 bits per heavy atom. The average Bonchev–Trinajstić information content (AvgIpc) is 2.52. The van der Waals surface area contributed by atoms with E-state index in [0.29, 0.717) is 22.9 Å². The fourth-order valence-electron chi connectivity index (χ4n) is 3.43. The maximum absolute atomic E-state index is 12.4. The van der Waals surface area contributed by atoms with E-state index in [1.165, 1.54) is 0 Å². The highest BCUT2D eigenvalue weighted by Crippen LogP contribution is 2.35. The molecular weight excluding hydrogens is 312 g/mol. The van der Waals surface area contributed by atoms with Gasteiger partial charge < -0.3 is 4.98 Å². The molecule has 4 nitrogen and oxygen atoms in total. The van der Waals surface area contributed by atoms with Crippen LogP contribution in [0.3, 0.4) is 0 Å². The molecule has 1 saturated carbocycles. The van der Waals surface area contributed by atoms with Gasteiger partial charge in [-0.1, -0.05) is 49.6 Å². The van der Waals surface area contributed by atoms with Gasteiger partial charge in [0.2, 0.25) is 0 Å². The minimum atomic E-state index is -0.425. The predicted molar refractivity (Wildman–Crippen MR) is 92.3 cm³/mol. The van der Waals surface area contributed by atoms with E-state index in [4.69, 9.17) is 11.6 Å². The highest BCUT2D eigenvalue weighted by molar-refractivity contribution is 6.31. The summed E-state index contributed by atoms with van der Waals surface area (Å²) in [5.41, 5.74) is 1.61. The number of rotatable bonds is 3. The van der Waals surface area contributed by atoms with Crippen LogP contribution >= 0.6 is 11.6 Å². The molecule has 2 N–H and O–H groups in total. The molecule has 0 amide bonds. The molecular formula is C18H21ClN2O2. The first-order valence-electron chi connectivity index (χ1n) is 8.13. The van der Waals surface area contributed by atoms with Gasteiger partial charge in [0.05, 0.1) is 0 Å². The highest BCUT2D eigenvalue weighted by Gasteiger charge is 2.24. The summed E-state index contributed by atoms with van der Waals surface area (Å²) < 4.78 is 0. The lowest BCUT2D eigenvalue weighted by molar-refractivity contribution is 0.342. The molecule has 1 heterocycles. The Kier molecular flexibility index (Phi) is 4.71. The van der Waals surface area contributed by atoms with Crippen LogP contribution in [0.5, 0.6) is 0 Å². The Labute approximate surface area is 139 Å². The minimum Gasteiger partial charge on any atom is -0.311 e. The van der Waals surface area contributed by atoms with Crippen molar-refractivity contribution >= 4 is 11.6 Å². The fraction of sp³-hybridized carbons (Fsp3) is 0.444. The summed E-state index contributed by atoms with van der Waals surface area (Å²) in [5, 5.41) is 0.640. The molecule has 0 bridgehead atoms. The lowest BCUT2D eigenvalue weighted by atomic mass is 9.80. The summed E-state index contributed by atoms with van der Waals surface area (Å²) in [7, 11) is 0. The average molecular weight is 333 g/mol. The number of aromatic nitrogens is 2. The SMILES string of the molecule is CC1CCC(c2[nH]c(=O)[nH]c(=O)c2Cc2ccccc2Cl)CC1. The van der Waals surface area contributed by atoms with Crippen molar-refractivity contribution < 1.29 is 0 Å². The number of benzene rings is 1. The van der Waals surface area contributed by atoms with Gasteiger partial charge in [0.25, 0.3) is 5.56 Å². The molecule has 1 aromatic heterocycles. The molecule has 0 radical (unpaired) electrons. The molecule has 1 aliphatic carbocycles. The van der Waals surface area contributed by atoms with Crippen molar-refractivity contribution in [2.24, 2.45) is 5.92 Å². The zero-order chi connectivity index (χ0) is 16.4. The van der Waals surface area contributed by atoms with Crippen LogP contribution in [0.2, 0.25) is 5.02 Å². The first-order chi connectivity index (χ1) is 11.0. The zero-order valence-electron chi connectivity index (χ0n) is 13.2. The third kappa shape index (κ3) is 3.58. The molecule has 1 fully saturated rings. The summed E-state index contributed by atoms with van der Waals surface area (Å²) in [6, 6.07) is 7.51. The zero-order valence-corrected chi connectivity index (χ0v) is 14.0. The van der Waals surface area contributed by atoms with E-state index in [1.807, 2.05) is 24.3 Å². The number of H-pyrrole nitrogens is 2.